The van der Waals surface area contributed by atoms with Gasteiger partial charge in [0, 0.05) is 25.8 Å². The number of rotatable bonds is 6. The maximum Gasteiger partial charge on any atom is 0.318 e. The Bertz CT molecular complexity index is 273. The molecule has 0 aromatic rings. The number of carbonyl (C=O) groups excluding carboxylic acids is 1. The van der Waals surface area contributed by atoms with Gasteiger partial charge in [0.15, 0.2) is 0 Å². The van der Waals surface area contributed by atoms with Gasteiger partial charge in [-0.3, -0.25) is 4.90 Å². The summed E-state index contributed by atoms with van der Waals surface area (Å²) in [6.45, 7) is 9.46. The van der Waals surface area contributed by atoms with Gasteiger partial charge in [0.1, 0.15) is 0 Å². The van der Waals surface area contributed by atoms with Gasteiger partial charge in [-0.2, -0.15) is 0 Å². The molecule has 1 rings (SSSR count). The minimum atomic E-state index is -0.121. The van der Waals surface area contributed by atoms with Gasteiger partial charge < -0.3 is 15.4 Å². The fourth-order valence-corrected chi connectivity index (χ4v) is 1.67. The highest BCUT2D eigenvalue weighted by Gasteiger charge is 2.09. The monoisotopic (exact) mass is 255 g/mol. The van der Waals surface area contributed by atoms with Gasteiger partial charge >= 0.3 is 6.03 Å². The van der Waals surface area contributed by atoms with E-state index in [1.165, 1.54) is 5.57 Å². The van der Waals surface area contributed by atoms with E-state index >= 15 is 0 Å². The van der Waals surface area contributed by atoms with E-state index in [9.17, 15) is 4.79 Å². The van der Waals surface area contributed by atoms with E-state index in [4.69, 9.17) is 4.74 Å². The van der Waals surface area contributed by atoms with Crippen molar-refractivity contribution in [3.8, 4) is 0 Å². The number of morpholine rings is 1. The third-order valence-corrected chi connectivity index (χ3v) is 3.05. The topological polar surface area (TPSA) is 53.6 Å². The molecule has 2 N–H and O–H groups in total. The van der Waals surface area contributed by atoms with Crippen LogP contribution in [0.5, 0.6) is 0 Å². The molecule has 1 fully saturated rings. The molecule has 18 heavy (non-hydrogen) atoms. The Hall–Kier alpha value is -1.07. The van der Waals surface area contributed by atoms with Crippen molar-refractivity contribution in [2.45, 2.75) is 26.7 Å². The van der Waals surface area contributed by atoms with Gasteiger partial charge in [-0.1, -0.05) is 12.5 Å². The summed E-state index contributed by atoms with van der Waals surface area (Å²) in [6, 6.07) is -0.121. The molecule has 0 aliphatic carbocycles. The van der Waals surface area contributed by atoms with E-state index < -0.39 is 0 Å². The van der Waals surface area contributed by atoms with E-state index in [1.54, 1.807) is 6.20 Å². The Morgan fingerprint density at radius 1 is 1.39 bits per heavy atom. The summed E-state index contributed by atoms with van der Waals surface area (Å²) in [7, 11) is 0. The summed E-state index contributed by atoms with van der Waals surface area (Å²) in [5.74, 6) is 0. The fourth-order valence-electron chi connectivity index (χ4n) is 1.67. The van der Waals surface area contributed by atoms with Crippen LogP contribution in [0, 0.1) is 0 Å². The highest BCUT2D eigenvalue weighted by molar-refractivity contribution is 5.74. The van der Waals surface area contributed by atoms with Crippen LogP contribution in [0.4, 0.5) is 4.79 Å². The molecule has 0 atom stereocenters. The number of hydrogen-bond acceptors (Lipinski definition) is 3. The van der Waals surface area contributed by atoms with Crippen LogP contribution in [0.3, 0.4) is 0 Å². The average molecular weight is 255 g/mol. The van der Waals surface area contributed by atoms with E-state index in [0.29, 0.717) is 6.54 Å². The molecule has 2 amide bonds. The number of nitrogens with zero attached hydrogens (tertiary/aromatic N) is 1. The quantitative estimate of drug-likeness (QED) is 0.704. The van der Waals surface area contributed by atoms with Gasteiger partial charge in [-0.25, -0.2) is 4.79 Å². The highest BCUT2D eigenvalue weighted by Crippen LogP contribution is 1.97. The van der Waals surface area contributed by atoms with Crippen LogP contribution < -0.4 is 10.6 Å². The van der Waals surface area contributed by atoms with E-state index in [-0.39, 0.29) is 6.03 Å². The molecule has 1 saturated heterocycles. The first-order valence-electron chi connectivity index (χ1n) is 6.72. The molecule has 0 saturated carbocycles. The summed E-state index contributed by atoms with van der Waals surface area (Å²) in [6.07, 6.45) is 3.69. The van der Waals surface area contributed by atoms with Crippen LogP contribution >= 0.6 is 0 Å². The number of urea groups is 1. The largest absolute Gasteiger partial charge is 0.379 e. The zero-order valence-electron chi connectivity index (χ0n) is 11.5. The molecule has 0 spiro atoms. The smallest absolute Gasteiger partial charge is 0.318 e. The average Bonchev–Trinajstić information content (AvgIpc) is 2.42. The lowest BCUT2D eigenvalue weighted by molar-refractivity contribution is 0.0375. The van der Waals surface area contributed by atoms with Crippen molar-refractivity contribution >= 4 is 6.03 Å². The molecule has 1 heterocycles. The van der Waals surface area contributed by atoms with Gasteiger partial charge in [0.05, 0.1) is 13.2 Å². The van der Waals surface area contributed by atoms with Crippen molar-refractivity contribution in [2.24, 2.45) is 0 Å². The summed E-state index contributed by atoms with van der Waals surface area (Å²) in [4.78, 5) is 13.8. The first kappa shape index (κ1) is 15.0. The van der Waals surface area contributed by atoms with Crippen molar-refractivity contribution in [1.29, 1.82) is 0 Å². The first-order chi connectivity index (χ1) is 8.72. The van der Waals surface area contributed by atoms with Crippen molar-refractivity contribution in [1.82, 2.24) is 15.5 Å². The normalized spacial score (nSPS) is 17.6. The molecule has 1 aliphatic rings. The van der Waals surface area contributed by atoms with E-state index in [2.05, 4.69) is 22.5 Å². The van der Waals surface area contributed by atoms with Crippen molar-refractivity contribution < 1.29 is 9.53 Å². The van der Waals surface area contributed by atoms with Crippen LogP contribution in [0.25, 0.3) is 0 Å². The summed E-state index contributed by atoms with van der Waals surface area (Å²) in [5, 5.41) is 5.58. The molecular weight excluding hydrogens is 230 g/mol. The number of carbonyl (C=O) groups is 1. The summed E-state index contributed by atoms with van der Waals surface area (Å²) in [5.41, 5.74) is 1.17. The van der Waals surface area contributed by atoms with Crippen LogP contribution in [-0.2, 0) is 4.74 Å². The van der Waals surface area contributed by atoms with E-state index in [1.807, 2.05) is 6.92 Å². The van der Waals surface area contributed by atoms with Crippen LogP contribution in [0.2, 0.25) is 0 Å². The van der Waals surface area contributed by atoms with Crippen LogP contribution in [0.15, 0.2) is 11.8 Å². The number of amides is 2. The third kappa shape index (κ3) is 6.61. The second-order valence-electron chi connectivity index (χ2n) is 4.55. The molecule has 0 aromatic carbocycles. The van der Waals surface area contributed by atoms with Crippen molar-refractivity contribution in [2.75, 3.05) is 39.4 Å². The number of nitrogens with one attached hydrogen (secondary N) is 2. The maximum absolute atomic E-state index is 11.4. The molecule has 0 aromatic heterocycles. The lowest BCUT2D eigenvalue weighted by Crippen LogP contribution is -2.39. The minimum absolute atomic E-state index is 0.121. The summed E-state index contributed by atoms with van der Waals surface area (Å²) < 4.78 is 5.28. The number of allylic oxidation sites excluding steroid dienone is 1. The Kier molecular flexibility index (Phi) is 7.44. The molecular formula is C13H25N3O2. The summed E-state index contributed by atoms with van der Waals surface area (Å²) >= 11 is 0. The minimum Gasteiger partial charge on any atom is -0.379 e. The Labute approximate surface area is 110 Å². The Morgan fingerprint density at radius 3 is 2.78 bits per heavy atom. The second kappa shape index (κ2) is 8.94. The van der Waals surface area contributed by atoms with Gasteiger partial charge in [0.2, 0.25) is 0 Å². The number of ether oxygens (including phenoxy) is 1. The highest BCUT2D eigenvalue weighted by atomic mass is 16.5. The molecule has 0 unspecified atom stereocenters. The zero-order chi connectivity index (χ0) is 13.2. The standard InChI is InChI=1S/C13H25N3O2/c1-3-12(2)11-15-13(17)14-5-4-6-16-7-9-18-10-8-16/h11H,3-10H2,1-2H3,(H2,14,15,17)/b12-11+. The van der Waals surface area contributed by atoms with Gasteiger partial charge in [-0.05, 0) is 26.3 Å². The van der Waals surface area contributed by atoms with Gasteiger partial charge in [-0.15, -0.1) is 0 Å². The van der Waals surface area contributed by atoms with Gasteiger partial charge in [0.25, 0.3) is 0 Å². The molecule has 5 nitrogen and oxygen atoms in total. The second-order valence-corrected chi connectivity index (χ2v) is 4.55. The Morgan fingerprint density at radius 2 is 2.11 bits per heavy atom. The van der Waals surface area contributed by atoms with Crippen LogP contribution in [-0.4, -0.2) is 50.3 Å². The SMILES string of the molecule is CC/C(C)=C/NC(=O)NCCCN1CCOCC1. The first-order valence-corrected chi connectivity index (χ1v) is 6.72. The zero-order valence-corrected chi connectivity index (χ0v) is 11.5. The maximum atomic E-state index is 11.4. The Balaban J connectivity index is 2.01. The lowest BCUT2D eigenvalue weighted by Gasteiger charge is -2.26. The predicted molar refractivity (Wildman–Crippen MR) is 72.5 cm³/mol. The molecule has 0 bridgehead atoms. The lowest BCUT2D eigenvalue weighted by atomic mass is 10.3. The van der Waals surface area contributed by atoms with Crippen molar-refractivity contribution in [3.05, 3.63) is 11.8 Å². The molecule has 1 aliphatic heterocycles. The van der Waals surface area contributed by atoms with E-state index in [0.717, 1.165) is 45.7 Å². The predicted octanol–water partition coefficient (Wildman–Crippen LogP) is 1.32. The molecule has 104 valence electrons. The van der Waals surface area contributed by atoms with Crippen molar-refractivity contribution in [3.63, 3.8) is 0 Å². The third-order valence-electron chi connectivity index (χ3n) is 3.05. The fraction of sp³-hybridized carbons (Fsp3) is 0.769. The van der Waals surface area contributed by atoms with Crippen LogP contribution in [0.1, 0.15) is 26.7 Å². The molecule has 5 heteroatoms. The molecule has 0 radical (unpaired) electrons. The number of hydrogen-bond donors (Lipinski definition) is 2.